The van der Waals surface area contributed by atoms with Crippen molar-refractivity contribution in [2.75, 3.05) is 21.1 Å². The van der Waals surface area contributed by atoms with Crippen LogP contribution < -0.4 is 16.1 Å². The van der Waals surface area contributed by atoms with Gasteiger partial charge < -0.3 is 10.6 Å². The van der Waals surface area contributed by atoms with E-state index in [0.29, 0.717) is 0 Å². The molecule has 10 heavy (non-hydrogen) atoms. The Morgan fingerprint density at radius 3 is 2.10 bits per heavy atom. The number of hydrogen-bond donors (Lipinski definition) is 3. The van der Waals surface area contributed by atoms with Crippen LogP contribution in [-0.2, 0) is 0 Å². The van der Waals surface area contributed by atoms with E-state index in [0.717, 1.165) is 4.59 Å². The molecule has 4 nitrogen and oxygen atoms in total. The van der Waals surface area contributed by atoms with Crippen LogP contribution in [0.15, 0.2) is 12.4 Å². The summed E-state index contributed by atoms with van der Waals surface area (Å²) >= 11 is 0. The lowest BCUT2D eigenvalue weighted by Crippen LogP contribution is -2.59. The first-order valence-electron chi connectivity index (χ1n) is 3.34. The van der Waals surface area contributed by atoms with Crippen molar-refractivity contribution < 1.29 is 4.59 Å². The highest BCUT2D eigenvalue weighted by Gasteiger charge is 2.15. The minimum atomic E-state index is 0.167. The van der Waals surface area contributed by atoms with Crippen LogP contribution in [0.1, 0.15) is 0 Å². The quantitative estimate of drug-likeness (QED) is 0.348. The molecule has 3 N–H and O–H groups in total. The van der Waals surface area contributed by atoms with E-state index in [4.69, 9.17) is 0 Å². The fourth-order valence-corrected chi connectivity index (χ4v) is 0.799. The average molecular weight is 143 g/mol. The topological polar surface area (TPSA) is 36.1 Å². The molecule has 1 rings (SSSR count). The van der Waals surface area contributed by atoms with Crippen LogP contribution in [0.2, 0.25) is 0 Å². The average Bonchev–Trinajstić information content (AvgIpc) is 2.12. The minimum Gasteiger partial charge on any atom is -0.354 e. The Balaban J connectivity index is 2.26. The van der Waals surface area contributed by atoms with E-state index in [1.54, 1.807) is 0 Å². The van der Waals surface area contributed by atoms with Gasteiger partial charge in [-0.15, -0.1) is 5.43 Å². The summed E-state index contributed by atoms with van der Waals surface area (Å²) in [6, 6.07) is 0. The maximum atomic E-state index is 3.27. The maximum Gasteiger partial charge on any atom is 0.196 e. The third kappa shape index (κ3) is 2.24. The van der Waals surface area contributed by atoms with Crippen LogP contribution in [-0.4, -0.2) is 32.0 Å². The molecule has 58 valence electrons. The third-order valence-electron chi connectivity index (χ3n) is 1.13. The summed E-state index contributed by atoms with van der Waals surface area (Å²) in [5.74, 6) is 0. The molecule has 0 saturated carbocycles. The van der Waals surface area contributed by atoms with Gasteiger partial charge in [0.05, 0.1) is 21.1 Å². The predicted octanol–water partition coefficient (Wildman–Crippen LogP) is -0.855. The summed E-state index contributed by atoms with van der Waals surface area (Å²) < 4.78 is 0.729. The highest BCUT2D eigenvalue weighted by atomic mass is 15.7. The van der Waals surface area contributed by atoms with Gasteiger partial charge in [-0.05, 0) is 0 Å². The predicted molar refractivity (Wildman–Crippen MR) is 40.4 cm³/mol. The van der Waals surface area contributed by atoms with Crippen molar-refractivity contribution in [3.63, 3.8) is 0 Å². The summed E-state index contributed by atoms with van der Waals surface area (Å²) in [7, 11) is 6.21. The summed E-state index contributed by atoms with van der Waals surface area (Å²) in [5, 5.41) is 6.19. The van der Waals surface area contributed by atoms with Crippen LogP contribution in [0.3, 0.4) is 0 Å². The first-order valence-corrected chi connectivity index (χ1v) is 3.34. The lowest BCUT2D eigenvalue weighted by Gasteiger charge is -2.27. The highest BCUT2D eigenvalue weighted by Crippen LogP contribution is 1.87. The fraction of sp³-hybridized carbons (Fsp3) is 0.667. The molecule has 0 aromatic rings. The molecule has 0 aromatic heterocycles. The molecule has 0 atom stereocenters. The Kier molecular flexibility index (Phi) is 1.82. The molecule has 1 aliphatic rings. The molecular formula is C6H15N4+. The Morgan fingerprint density at radius 2 is 1.70 bits per heavy atom. The number of quaternary nitrogens is 1. The SMILES string of the molecule is C[N+](C)(C)NC1NC=CN1. The van der Waals surface area contributed by atoms with Gasteiger partial charge >= 0.3 is 0 Å². The van der Waals surface area contributed by atoms with Crippen molar-refractivity contribution >= 4 is 0 Å². The smallest absolute Gasteiger partial charge is 0.196 e. The second kappa shape index (κ2) is 2.48. The summed E-state index contributed by atoms with van der Waals surface area (Å²) in [5.41, 5.74) is 3.27. The second-order valence-corrected chi connectivity index (χ2v) is 3.24. The first-order chi connectivity index (χ1) is 4.58. The standard InChI is InChI=1S/C6H15N4/c1-10(2,3)9-6-7-4-5-8-6/h4-9H,1-3H3/q+1. The molecule has 0 aromatic carbocycles. The Bertz CT molecular complexity index is 127. The maximum absolute atomic E-state index is 3.27. The van der Waals surface area contributed by atoms with Gasteiger partial charge in [-0.25, -0.2) is 4.59 Å². The first kappa shape index (κ1) is 7.37. The molecule has 0 aliphatic carbocycles. The zero-order chi connectivity index (χ0) is 7.61. The largest absolute Gasteiger partial charge is 0.354 e. The van der Waals surface area contributed by atoms with Gasteiger partial charge in [-0.1, -0.05) is 0 Å². The third-order valence-corrected chi connectivity index (χ3v) is 1.13. The van der Waals surface area contributed by atoms with Crippen LogP contribution in [0.4, 0.5) is 0 Å². The summed E-state index contributed by atoms with van der Waals surface area (Å²) in [4.78, 5) is 0. The normalized spacial score (nSPS) is 18.7. The molecular weight excluding hydrogens is 128 g/mol. The minimum absolute atomic E-state index is 0.167. The monoisotopic (exact) mass is 143 g/mol. The van der Waals surface area contributed by atoms with Crippen molar-refractivity contribution in [3.05, 3.63) is 12.4 Å². The molecule has 4 heteroatoms. The van der Waals surface area contributed by atoms with Gasteiger partial charge in [-0.3, -0.25) is 0 Å². The van der Waals surface area contributed by atoms with Crippen LogP contribution in [0.5, 0.6) is 0 Å². The lowest BCUT2D eigenvalue weighted by atomic mass is 10.8. The van der Waals surface area contributed by atoms with Gasteiger partial charge in [0.1, 0.15) is 0 Å². The molecule has 1 heterocycles. The molecule has 0 radical (unpaired) electrons. The van der Waals surface area contributed by atoms with E-state index in [9.17, 15) is 0 Å². The van der Waals surface area contributed by atoms with Crippen molar-refractivity contribution in [1.82, 2.24) is 16.1 Å². The molecule has 0 bridgehead atoms. The van der Waals surface area contributed by atoms with E-state index in [1.807, 2.05) is 12.4 Å². The molecule has 0 spiro atoms. The Morgan fingerprint density at radius 1 is 1.20 bits per heavy atom. The summed E-state index contributed by atoms with van der Waals surface area (Å²) in [6.07, 6.45) is 3.93. The number of nitrogens with one attached hydrogen (secondary N) is 3. The zero-order valence-electron chi connectivity index (χ0n) is 6.68. The van der Waals surface area contributed by atoms with E-state index < -0.39 is 0 Å². The van der Waals surface area contributed by atoms with Gasteiger partial charge in [-0.2, -0.15) is 0 Å². The second-order valence-electron chi connectivity index (χ2n) is 3.24. The number of hydrogen-bond acceptors (Lipinski definition) is 3. The van der Waals surface area contributed by atoms with Crippen LogP contribution in [0.25, 0.3) is 0 Å². The van der Waals surface area contributed by atoms with Crippen LogP contribution in [0, 0.1) is 0 Å². The molecule has 0 unspecified atom stereocenters. The molecule has 0 fully saturated rings. The van der Waals surface area contributed by atoms with Crippen molar-refractivity contribution in [3.8, 4) is 0 Å². The van der Waals surface area contributed by atoms with E-state index in [1.165, 1.54) is 0 Å². The highest BCUT2D eigenvalue weighted by molar-refractivity contribution is 4.87. The van der Waals surface area contributed by atoms with Crippen molar-refractivity contribution in [2.24, 2.45) is 0 Å². The molecule has 1 aliphatic heterocycles. The zero-order valence-corrected chi connectivity index (χ0v) is 6.68. The van der Waals surface area contributed by atoms with E-state index in [-0.39, 0.29) is 6.29 Å². The number of rotatable bonds is 2. The van der Waals surface area contributed by atoms with Crippen LogP contribution >= 0.6 is 0 Å². The number of nitrogens with zero attached hydrogens (tertiary/aromatic N) is 1. The summed E-state index contributed by atoms with van der Waals surface area (Å²) in [6.45, 7) is 0. The van der Waals surface area contributed by atoms with Gasteiger partial charge in [0.15, 0.2) is 6.29 Å². The van der Waals surface area contributed by atoms with Crippen molar-refractivity contribution in [2.45, 2.75) is 6.29 Å². The van der Waals surface area contributed by atoms with E-state index >= 15 is 0 Å². The van der Waals surface area contributed by atoms with Gasteiger partial charge in [0.25, 0.3) is 0 Å². The molecule has 0 amide bonds. The van der Waals surface area contributed by atoms with Gasteiger partial charge in [0.2, 0.25) is 0 Å². The Hall–Kier alpha value is -0.740. The molecule has 0 saturated heterocycles. The van der Waals surface area contributed by atoms with Crippen molar-refractivity contribution in [1.29, 1.82) is 0 Å². The Labute approximate surface area is 61.5 Å². The lowest BCUT2D eigenvalue weighted by molar-refractivity contribution is -0.919. The van der Waals surface area contributed by atoms with Gasteiger partial charge in [0, 0.05) is 12.4 Å². The fourth-order valence-electron chi connectivity index (χ4n) is 0.799. The van der Waals surface area contributed by atoms with E-state index in [2.05, 4.69) is 37.2 Å².